The zero-order valence-corrected chi connectivity index (χ0v) is 12.9. The lowest BCUT2D eigenvalue weighted by atomic mass is 9.85. The van der Waals surface area contributed by atoms with E-state index in [1.54, 1.807) is 0 Å². The van der Waals surface area contributed by atoms with Gasteiger partial charge < -0.3 is 5.32 Å². The molecule has 1 N–H and O–H groups in total. The Hall–Kier alpha value is -0.380. The van der Waals surface area contributed by atoms with Crippen molar-refractivity contribution in [2.24, 2.45) is 0 Å². The molecule has 1 fully saturated rings. The second-order valence-electron chi connectivity index (χ2n) is 5.59. The molecule has 0 bridgehead atoms. The number of nitrogens with zero attached hydrogens (tertiary/aromatic N) is 1. The van der Waals surface area contributed by atoms with Gasteiger partial charge >= 0.3 is 0 Å². The minimum absolute atomic E-state index is 0.237. The van der Waals surface area contributed by atoms with Crippen molar-refractivity contribution in [1.82, 2.24) is 10.2 Å². The summed E-state index contributed by atoms with van der Waals surface area (Å²) in [6.07, 6.45) is 3.90. The van der Waals surface area contributed by atoms with Crippen LogP contribution in [-0.2, 0) is 0 Å². The van der Waals surface area contributed by atoms with Crippen molar-refractivity contribution in [3.63, 3.8) is 0 Å². The number of aryl methyl sites for hydroxylation is 1. The molecule has 1 aliphatic heterocycles. The van der Waals surface area contributed by atoms with Crippen LogP contribution in [0.4, 0.5) is 0 Å². The standard InChI is InChI=1S/C15H26N2S/c1-5-15(3,17-9-6-7-10-17)14(16-4)13-12(2)8-11-18-13/h8,11,14,16H,5-7,9-10H2,1-4H3. The van der Waals surface area contributed by atoms with E-state index in [0.717, 1.165) is 0 Å². The highest BCUT2D eigenvalue weighted by Gasteiger charge is 2.40. The Morgan fingerprint density at radius 3 is 2.56 bits per heavy atom. The Bertz CT molecular complexity index is 382. The van der Waals surface area contributed by atoms with Gasteiger partial charge in [-0.05, 0) is 70.3 Å². The topological polar surface area (TPSA) is 15.3 Å². The zero-order chi connectivity index (χ0) is 13.2. The molecular weight excluding hydrogens is 240 g/mol. The molecule has 18 heavy (non-hydrogen) atoms. The van der Waals surface area contributed by atoms with Crippen molar-refractivity contribution in [2.45, 2.75) is 51.6 Å². The molecule has 0 amide bonds. The molecule has 2 atom stereocenters. The molecule has 0 saturated carbocycles. The molecule has 3 heteroatoms. The van der Waals surface area contributed by atoms with Gasteiger partial charge in [-0.25, -0.2) is 0 Å². The average Bonchev–Trinajstić information content (AvgIpc) is 3.02. The van der Waals surface area contributed by atoms with Crippen LogP contribution in [0, 0.1) is 6.92 Å². The van der Waals surface area contributed by atoms with Crippen molar-refractivity contribution in [1.29, 1.82) is 0 Å². The van der Waals surface area contributed by atoms with E-state index in [0.29, 0.717) is 6.04 Å². The summed E-state index contributed by atoms with van der Waals surface area (Å²) in [6, 6.07) is 2.69. The molecule has 1 aromatic heterocycles. The van der Waals surface area contributed by atoms with Gasteiger partial charge in [-0.15, -0.1) is 11.3 Å². The lowest BCUT2D eigenvalue weighted by Gasteiger charge is -2.44. The lowest BCUT2D eigenvalue weighted by Crippen LogP contribution is -2.52. The second kappa shape index (κ2) is 5.72. The monoisotopic (exact) mass is 266 g/mol. The van der Waals surface area contributed by atoms with Gasteiger partial charge in [0.15, 0.2) is 0 Å². The normalized spacial score (nSPS) is 22.0. The predicted octanol–water partition coefficient (Wildman–Crippen LogP) is 3.58. The van der Waals surface area contributed by atoms with Crippen LogP contribution in [0.15, 0.2) is 11.4 Å². The summed E-state index contributed by atoms with van der Waals surface area (Å²) >= 11 is 1.89. The Kier molecular flexibility index (Phi) is 4.46. The first-order valence-electron chi connectivity index (χ1n) is 7.09. The first kappa shape index (κ1) is 14.0. The van der Waals surface area contributed by atoms with Crippen LogP contribution in [0.5, 0.6) is 0 Å². The minimum atomic E-state index is 0.237. The number of thiophene rings is 1. The van der Waals surface area contributed by atoms with Crippen LogP contribution in [-0.4, -0.2) is 30.6 Å². The van der Waals surface area contributed by atoms with Crippen LogP contribution in [0.1, 0.15) is 49.6 Å². The highest BCUT2D eigenvalue weighted by Crippen LogP contribution is 2.39. The lowest BCUT2D eigenvalue weighted by molar-refractivity contribution is 0.0884. The molecule has 2 rings (SSSR count). The van der Waals surface area contributed by atoms with E-state index in [-0.39, 0.29) is 5.54 Å². The molecule has 1 saturated heterocycles. The molecule has 2 heterocycles. The van der Waals surface area contributed by atoms with E-state index < -0.39 is 0 Å². The highest BCUT2D eigenvalue weighted by atomic mass is 32.1. The second-order valence-corrected chi connectivity index (χ2v) is 6.54. The molecule has 0 radical (unpaired) electrons. The minimum Gasteiger partial charge on any atom is -0.311 e. The average molecular weight is 266 g/mol. The largest absolute Gasteiger partial charge is 0.311 e. The molecule has 1 aromatic rings. The van der Waals surface area contributed by atoms with Crippen molar-refractivity contribution >= 4 is 11.3 Å². The summed E-state index contributed by atoms with van der Waals surface area (Å²) < 4.78 is 0. The molecule has 0 aliphatic carbocycles. The van der Waals surface area contributed by atoms with E-state index in [1.807, 2.05) is 11.3 Å². The smallest absolute Gasteiger partial charge is 0.0599 e. The van der Waals surface area contributed by atoms with Gasteiger partial charge in [-0.1, -0.05) is 6.92 Å². The maximum absolute atomic E-state index is 3.58. The molecule has 2 nitrogen and oxygen atoms in total. The Morgan fingerprint density at radius 1 is 1.44 bits per heavy atom. The summed E-state index contributed by atoms with van der Waals surface area (Å²) in [5, 5.41) is 5.80. The van der Waals surface area contributed by atoms with Gasteiger partial charge in [0, 0.05) is 10.4 Å². The highest BCUT2D eigenvalue weighted by molar-refractivity contribution is 7.10. The summed E-state index contributed by atoms with van der Waals surface area (Å²) in [6.45, 7) is 9.50. The number of nitrogens with one attached hydrogen (secondary N) is 1. The molecule has 0 spiro atoms. The van der Waals surface area contributed by atoms with E-state index in [9.17, 15) is 0 Å². The number of rotatable bonds is 5. The van der Waals surface area contributed by atoms with Gasteiger partial charge in [-0.3, -0.25) is 4.90 Å². The van der Waals surface area contributed by atoms with E-state index in [1.165, 1.54) is 42.8 Å². The molecule has 1 aliphatic rings. The van der Waals surface area contributed by atoms with Gasteiger partial charge in [0.05, 0.1) is 6.04 Å². The SMILES string of the molecule is CCC(C)(C(NC)c1sccc1C)N1CCCC1. The summed E-state index contributed by atoms with van der Waals surface area (Å²) in [7, 11) is 2.10. The van der Waals surface area contributed by atoms with Gasteiger partial charge in [0.1, 0.15) is 0 Å². The van der Waals surface area contributed by atoms with Crippen molar-refractivity contribution in [3.05, 3.63) is 21.9 Å². The molecule has 2 unspecified atom stereocenters. The first-order chi connectivity index (χ1) is 8.63. The van der Waals surface area contributed by atoms with Gasteiger partial charge in [0.2, 0.25) is 0 Å². The van der Waals surface area contributed by atoms with Crippen molar-refractivity contribution in [3.8, 4) is 0 Å². The van der Waals surface area contributed by atoms with Crippen LogP contribution in [0.3, 0.4) is 0 Å². The maximum atomic E-state index is 3.58. The number of hydrogen-bond acceptors (Lipinski definition) is 3. The Morgan fingerprint density at radius 2 is 2.11 bits per heavy atom. The van der Waals surface area contributed by atoms with E-state index in [4.69, 9.17) is 0 Å². The summed E-state index contributed by atoms with van der Waals surface area (Å²) in [5.41, 5.74) is 1.67. The number of likely N-dealkylation sites (tertiary alicyclic amines) is 1. The van der Waals surface area contributed by atoms with Crippen LogP contribution in [0.25, 0.3) is 0 Å². The third-order valence-corrected chi connectivity index (χ3v) is 5.70. The Balaban J connectivity index is 2.31. The van der Waals surface area contributed by atoms with E-state index >= 15 is 0 Å². The molecule has 102 valence electrons. The maximum Gasteiger partial charge on any atom is 0.0599 e. The van der Waals surface area contributed by atoms with Crippen LogP contribution < -0.4 is 5.32 Å². The molecule has 0 aromatic carbocycles. The van der Waals surface area contributed by atoms with Gasteiger partial charge in [-0.2, -0.15) is 0 Å². The fourth-order valence-electron chi connectivity index (χ4n) is 3.24. The van der Waals surface area contributed by atoms with Crippen LogP contribution >= 0.6 is 11.3 Å². The Labute approximate surface area is 115 Å². The third-order valence-electron chi connectivity index (χ3n) is 4.62. The summed E-state index contributed by atoms with van der Waals surface area (Å²) in [4.78, 5) is 4.20. The number of hydrogen-bond donors (Lipinski definition) is 1. The molecular formula is C15H26N2S. The first-order valence-corrected chi connectivity index (χ1v) is 7.97. The van der Waals surface area contributed by atoms with Crippen molar-refractivity contribution < 1.29 is 0 Å². The number of likely N-dealkylation sites (N-methyl/N-ethyl adjacent to an activating group) is 1. The fraction of sp³-hybridized carbons (Fsp3) is 0.733. The predicted molar refractivity (Wildman–Crippen MR) is 80.4 cm³/mol. The summed E-state index contributed by atoms with van der Waals surface area (Å²) in [5.74, 6) is 0. The van der Waals surface area contributed by atoms with E-state index in [2.05, 4.69) is 49.5 Å². The van der Waals surface area contributed by atoms with Gasteiger partial charge in [0.25, 0.3) is 0 Å². The quantitative estimate of drug-likeness (QED) is 0.876. The third kappa shape index (κ3) is 2.36. The van der Waals surface area contributed by atoms with Crippen molar-refractivity contribution in [2.75, 3.05) is 20.1 Å². The van der Waals surface area contributed by atoms with Crippen LogP contribution in [0.2, 0.25) is 0 Å². The fourth-order valence-corrected chi connectivity index (χ4v) is 4.42. The zero-order valence-electron chi connectivity index (χ0n) is 12.1.